The van der Waals surface area contributed by atoms with Crippen molar-refractivity contribution >= 4 is 23.3 Å². The molecule has 0 bridgehead atoms. The van der Waals surface area contributed by atoms with E-state index in [0.717, 1.165) is 49.2 Å². The molecule has 1 amide bonds. The van der Waals surface area contributed by atoms with Gasteiger partial charge in [0.25, 0.3) is 5.91 Å². The summed E-state index contributed by atoms with van der Waals surface area (Å²) in [6, 6.07) is 5.58. The molecular weight excluding hydrogens is 448 g/mol. The maximum absolute atomic E-state index is 12.8. The maximum atomic E-state index is 12.8. The number of nitrogens with two attached hydrogens (primary N) is 1. The van der Waals surface area contributed by atoms with E-state index in [2.05, 4.69) is 24.3 Å². The molecule has 1 heterocycles. The van der Waals surface area contributed by atoms with E-state index < -0.39 is 11.9 Å². The fourth-order valence-electron chi connectivity index (χ4n) is 5.36. The molecule has 35 heavy (non-hydrogen) atoms. The van der Waals surface area contributed by atoms with Crippen LogP contribution in [0.25, 0.3) is 5.69 Å². The Kier molecular flexibility index (Phi) is 6.98. The van der Waals surface area contributed by atoms with Crippen molar-refractivity contribution in [2.75, 3.05) is 18.5 Å². The number of aromatic nitrogens is 2. The minimum Gasteiger partial charge on any atom is -0.480 e. The summed E-state index contributed by atoms with van der Waals surface area (Å²) in [6.45, 7) is 6.22. The molecule has 2 aliphatic rings. The number of rotatable bonds is 8. The number of benzene rings is 1. The normalized spacial score (nSPS) is 21.4. The number of hydrogen-bond donors (Lipinski definition) is 3. The van der Waals surface area contributed by atoms with Crippen LogP contribution < -0.4 is 11.1 Å². The van der Waals surface area contributed by atoms with Gasteiger partial charge < -0.3 is 20.9 Å². The summed E-state index contributed by atoms with van der Waals surface area (Å²) < 4.78 is 7.09. The van der Waals surface area contributed by atoms with Crippen LogP contribution in [0.15, 0.2) is 18.2 Å². The zero-order chi connectivity index (χ0) is 25.3. The monoisotopic (exact) mass is 482 g/mol. The molecular formula is C26H34N4O5. The number of carboxylic acid groups (broad SMARTS) is 1. The Morgan fingerprint density at radius 2 is 1.94 bits per heavy atom. The molecule has 0 aliphatic heterocycles. The minimum absolute atomic E-state index is 0.121. The first-order valence-electron chi connectivity index (χ1n) is 12.2. The number of carbonyl (C=O) groups is 3. The molecule has 0 atom stereocenters. The first-order valence-corrected chi connectivity index (χ1v) is 12.2. The number of ketones is 1. The minimum atomic E-state index is -0.958. The number of amides is 1. The molecule has 4 rings (SSSR count). The van der Waals surface area contributed by atoms with E-state index in [4.69, 9.17) is 15.6 Å². The lowest BCUT2D eigenvalue weighted by Gasteiger charge is -2.30. The third kappa shape index (κ3) is 5.56. The molecule has 0 radical (unpaired) electrons. The smallest absolute Gasteiger partial charge is 0.329 e. The third-order valence-corrected chi connectivity index (χ3v) is 7.02. The molecule has 1 aromatic carbocycles. The number of nitrogens with one attached hydrogen (secondary N) is 1. The zero-order valence-corrected chi connectivity index (χ0v) is 20.6. The van der Waals surface area contributed by atoms with Crippen LogP contribution in [0, 0.1) is 18.3 Å². The predicted octanol–water partition coefficient (Wildman–Crippen LogP) is 3.51. The van der Waals surface area contributed by atoms with Gasteiger partial charge in [0, 0.05) is 18.2 Å². The Morgan fingerprint density at radius 1 is 1.23 bits per heavy atom. The van der Waals surface area contributed by atoms with Gasteiger partial charge in [-0.1, -0.05) is 13.8 Å². The van der Waals surface area contributed by atoms with Gasteiger partial charge in [0.2, 0.25) is 0 Å². The highest BCUT2D eigenvalue weighted by Crippen LogP contribution is 2.37. The van der Waals surface area contributed by atoms with Crippen molar-refractivity contribution in [3.05, 3.63) is 40.7 Å². The fourth-order valence-corrected chi connectivity index (χ4v) is 5.36. The molecule has 1 aromatic heterocycles. The number of carboxylic acids is 1. The van der Waals surface area contributed by atoms with Crippen LogP contribution in [0.2, 0.25) is 0 Å². The largest absolute Gasteiger partial charge is 0.480 e. The molecule has 188 valence electrons. The number of anilines is 1. The van der Waals surface area contributed by atoms with Crippen molar-refractivity contribution < 1.29 is 24.2 Å². The molecule has 1 saturated carbocycles. The Balaban J connectivity index is 1.54. The van der Waals surface area contributed by atoms with Crippen LogP contribution in [0.1, 0.15) is 78.1 Å². The van der Waals surface area contributed by atoms with Crippen LogP contribution in [0.4, 0.5) is 5.69 Å². The van der Waals surface area contributed by atoms with Crippen molar-refractivity contribution in [1.82, 2.24) is 9.78 Å². The molecule has 4 N–H and O–H groups in total. The molecule has 0 spiro atoms. The van der Waals surface area contributed by atoms with Crippen LogP contribution in [-0.2, 0) is 16.0 Å². The summed E-state index contributed by atoms with van der Waals surface area (Å²) >= 11 is 0. The average molecular weight is 483 g/mol. The highest BCUT2D eigenvalue weighted by atomic mass is 16.5. The molecule has 0 saturated heterocycles. The lowest BCUT2D eigenvalue weighted by atomic mass is 9.75. The van der Waals surface area contributed by atoms with Crippen LogP contribution in [-0.4, -0.2) is 51.8 Å². The Morgan fingerprint density at radius 3 is 2.60 bits per heavy atom. The van der Waals surface area contributed by atoms with Crippen molar-refractivity contribution in [1.29, 1.82) is 0 Å². The number of aliphatic carboxylic acids is 1. The van der Waals surface area contributed by atoms with E-state index in [-0.39, 0.29) is 23.8 Å². The van der Waals surface area contributed by atoms with E-state index in [1.54, 1.807) is 6.07 Å². The molecule has 0 unspecified atom stereocenters. The number of nitrogens with zero attached hydrogens (tertiary/aromatic N) is 2. The van der Waals surface area contributed by atoms with Crippen LogP contribution in [0.5, 0.6) is 0 Å². The summed E-state index contributed by atoms with van der Waals surface area (Å²) in [5.41, 5.74) is 9.71. The second-order valence-electron chi connectivity index (χ2n) is 10.6. The highest BCUT2D eigenvalue weighted by Gasteiger charge is 2.36. The van der Waals surface area contributed by atoms with E-state index in [0.29, 0.717) is 35.8 Å². The Bertz CT molecular complexity index is 1140. The fraction of sp³-hybridized carbons (Fsp3) is 0.538. The lowest BCUT2D eigenvalue weighted by molar-refractivity contribution is -0.142. The lowest BCUT2D eigenvalue weighted by Crippen LogP contribution is -2.29. The molecule has 9 nitrogen and oxygen atoms in total. The summed E-state index contributed by atoms with van der Waals surface area (Å²) in [7, 11) is 0. The molecule has 9 heteroatoms. The third-order valence-electron chi connectivity index (χ3n) is 7.02. The number of Topliss-reactive ketones (excluding diaryl/α,β-unsaturated/α-hetero) is 1. The standard InChI is InChI=1S/C26H34N4O5/c1-15-24-21(11-26(2,3)12-22(24)31)30(29-15)18-8-9-19(25(27)34)20(10-18)28-17-6-4-16(5-7-17)13-35-14-23(32)33/h8-10,16-17,28H,4-7,11-14H2,1-3H3,(H2,27,34)(H,32,33). The van der Waals surface area contributed by atoms with Gasteiger partial charge in [-0.3, -0.25) is 9.59 Å². The van der Waals surface area contributed by atoms with Crippen molar-refractivity contribution in [3.8, 4) is 5.69 Å². The zero-order valence-electron chi connectivity index (χ0n) is 20.6. The Hall–Kier alpha value is -3.20. The van der Waals surface area contributed by atoms with E-state index in [1.807, 2.05) is 23.7 Å². The molecule has 2 aromatic rings. The van der Waals surface area contributed by atoms with E-state index in [9.17, 15) is 14.4 Å². The quantitative estimate of drug-likeness (QED) is 0.524. The topological polar surface area (TPSA) is 137 Å². The second-order valence-corrected chi connectivity index (χ2v) is 10.6. The van der Waals surface area contributed by atoms with E-state index in [1.165, 1.54) is 0 Å². The molecule has 2 aliphatic carbocycles. The number of carbonyl (C=O) groups excluding carboxylic acids is 2. The van der Waals surface area contributed by atoms with Gasteiger partial charge in [0.05, 0.1) is 34.8 Å². The Labute approximate surface area is 205 Å². The number of hydrogen-bond acceptors (Lipinski definition) is 6. The number of ether oxygens (including phenoxy) is 1. The van der Waals surface area contributed by atoms with Crippen LogP contribution in [0.3, 0.4) is 0 Å². The number of primary amides is 1. The summed E-state index contributed by atoms with van der Waals surface area (Å²) in [4.78, 5) is 35.6. The summed E-state index contributed by atoms with van der Waals surface area (Å²) in [5, 5.41) is 16.9. The van der Waals surface area contributed by atoms with Gasteiger partial charge in [-0.2, -0.15) is 5.10 Å². The first kappa shape index (κ1) is 24.9. The van der Waals surface area contributed by atoms with Gasteiger partial charge in [-0.15, -0.1) is 0 Å². The number of fused-ring (bicyclic) bond motifs is 1. The van der Waals surface area contributed by atoms with Gasteiger partial charge in [-0.25, -0.2) is 9.48 Å². The number of aryl methyl sites for hydroxylation is 1. The van der Waals surface area contributed by atoms with Crippen molar-refractivity contribution in [3.63, 3.8) is 0 Å². The van der Waals surface area contributed by atoms with Gasteiger partial charge in [0.15, 0.2) is 5.78 Å². The predicted molar refractivity (Wildman–Crippen MR) is 131 cm³/mol. The highest BCUT2D eigenvalue weighted by molar-refractivity contribution is 6.00. The summed E-state index contributed by atoms with van der Waals surface area (Å²) in [6.07, 6.45) is 4.82. The van der Waals surface area contributed by atoms with Crippen molar-refractivity contribution in [2.24, 2.45) is 17.1 Å². The van der Waals surface area contributed by atoms with Crippen LogP contribution >= 0.6 is 0 Å². The second kappa shape index (κ2) is 9.81. The van der Waals surface area contributed by atoms with Gasteiger partial charge in [0.1, 0.15) is 6.61 Å². The molecule has 1 fully saturated rings. The van der Waals surface area contributed by atoms with Gasteiger partial charge in [-0.05, 0) is 68.6 Å². The summed E-state index contributed by atoms with van der Waals surface area (Å²) in [5.74, 6) is -1.02. The first-order chi connectivity index (χ1) is 16.5. The average Bonchev–Trinajstić information content (AvgIpc) is 3.09. The van der Waals surface area contributed by atoms with E-state index >= 15 is 0 Å². The SMILES string of the molecule is Cc1nn(-c2ccc(C(N)=O)c(NC3CCC(COCC(=O)O)CC3)c2)c2c1C(=O)CC(C)(C)C2. The van der Waals surface area contributed by atoms with Gasteiger partial charge >= 0.3 is 5.97 Å². The van der Waals surface area contributed by atoms with Crippen molar-refractivity contribution in [2.45, 2.75) is 65.3 Å². The maximum Gasteiger partial charge on any atom is 0.329 e.